The van der Waals surface area contributed by atoms with E-state index in [0.717, 1.165) is 19.4 Å². The standard InChI is InChI=1S/C9H20N2O2/c1-3-8(7-12)11-9(13)5-4-6-10-2/h8,10,12H,3-7H2,1-2H3,(H,11,13). The lowest BCUT2D eigenvalue weighted by molar-refractivity contribution is -0.122. The third-order valence-corrected chi connectivity index (χ3v) is 1.91. The molecule has 1 amide bonds. The molecule has 0 heterocycles. The highest BCUT2D eigenvalue weighted by molar-refractivity contribution is 5.76. The molecule has 0 aromatic heterocycles. The van der Waals surface area contributed by atoms with E-state index < -0.39 is 0 Å². The maximum Gasteiger partial charge on any atom is 0.220 e. The Labute approximate surface area is 79.7 Å². The molecule has 0 aliphatic heterocycles. The van der Waals surface area contributed by atoms with E-state index >= 15 is 0 Å². The smallest absolute Gasteiger partial charge is 0.220 e. The van der Waals surface area contributed by atoms with Gasteiger partial charge in [-0.05, 0) is 26.4 Å². The molecule has 0 rings (SSSR count). The second-order valence-electron chi connectivity index (χ2n) is 3.06. The number of carbonyl (C=O) groups is 1. The first-order valence-corrected chi connectivity index (χ1v) is 4.79. The van der Waals surface area contributed by atoms with Gasteiger partial charge in [-0.15, -0.1) is 0 Å². The van der Waals surface area contributed by atoms with E-state index in [-0.39, 0.29) is 18.6 Å². The molecule has 0 radical (unpaired) electrons. The predicted molar refractivity (Wildman–Crippen MR) is 52.5 cm³/mol. The van der Waals surface area contributed by atoms with Crippen molar-refractivity contribution >= 4 is 5.91 Å². The van der Waals surface area contributed by atoms with Crippen LogP contribution in [0.2, 0.25) is 0 Å². The van der Waals surface area contributed by atoms with Crippen LogP contribution in [0, 0.1) is 0 Å². The molecule has 0 spiro atoms. The first-order valence-electron chi connectivity index (χ1n) is 4.79. The van der Waals surface area contributed by atoms with Crippen LogP contribution in [0.4, 0.5) is 0 Å². The number of hydrogen-bond donors (Lipinski definition) is 3. The molecule has 1 unspecified atom stereocenters. The van der Waals surface area contributed by atoms with Gasteiger partial charge >= 0.3 is 0 Å². The molecule has 0 bridgehead atoms. The second-order valence-corrected chi connectivity index (χ2v) is 3.06. The number of hydrogen-bond acceptors (Lipinski definition) is 3. The van der Waals surface area contributed by atoms with Crippen molar-refractivity contribution in [1.29, 1.82) is 0 Å². The molecule has 0 aliphatic carbocycles. The Morgan fingerprint density at radius 2 is 2.23 bits per heavy atom. The van der Waals surface area contributed by atoms with E-state index in [9.17, 15) is 4.79 Å². The lowest BCUT2D eigenvalue weighted by Gasteiger charge is -2.13. The summed E-state index contributed by atoms with van der Waals surface area (Å²) in [5.74, 6) is 0.0242. The molecule has 4 heteroatoms. The van der Waals surface area contributed by atoms with Crippen molar-refractivity contribution in [2.24, 2.45) is 0 Å². The van der Waals surface area contributed by atoms with E-state index in [4.69, 9.17) is 5.11 Å². The van der Waals surface area contributed by atoms with Gasteiger partial charge in [0.2, 0.25) is 5.91 Å². The van der Waals surface area contributed by atoms with Gasteiger partial charge in [0.1, 0.15) is 0 Å². The second kappa shape index (κ2) is 8.01. The lowest BCUT2D eigenvalue weighted by Crippen LogP contribution is -2.37. The summed E-state index contributed by atoms with van der Waals surface area (Å²) in [7, 11) is 1.86. The monoisotopic (exact) mass is 188 g/mol. The van der Waals surface area contributed by atoms with Crippen molar-refractivity contribution in [1.82, 2.24) is 10.6 Å². The highest BCUT2D eigenvalue weighted by Gasteiger charge is 2.07. The van der Waals surface area contributed by atoms with Crippen LogP contribution in [-0.2, 0) is 4.79 Å². The topological polar surface area (TPSA) is 61.4 Å². The number of aliphatic hydroxyl groups excluding tert-OH is 1. The van der Waals surface area contributed by atoms with Gasteiger partial charge in [-0.3, -0.25) is 4.79 Å². The molecule has 0 saturated carbocycles. The number of nitrogens with one attached hydrogen (secondary N) is 2. The molecule has 0 saturated heterocycles. The van der Waals surface area contributed by atoms with Crippen molar-refractivity contribution in [3.8, 4) is 0 Å². The van der Waals surface area contributed by atoms with Crippen molar-refractivity contribution < 1.29 is 9.90 Å². The Hall–Kier alpha value is -0.610. The maximum atomic E-state index is 11.2. The molecule has 1 atom stereocenters. The molecular formula is C9H20N2O2. The van der Waals surface area contributed by atoms with E-state index in [1.54, 1.807) is 0 Å². The Kier molecular flexibility index (Phi) is 7.63. The molecule has 13 heavy (non-hydrogen) atoms. The highest BCUT2D eigenvalue weighted by atomic mass is 16.3. The van der Waals surface area contributed by atoms with E-state index in [0.29, 0.717) is 6.42 Å². The van der Waals surface area contributed by atoms with Gasteiger partial charge in [-0.25, -0.2) is 0 Å². The number of amides is 1. The van der Waals surface area contributed by atoms with Crippen LogP contribution in [0.15, 0.2) is 0 Å². The van der Waals surface area contributed by atoms with Gasteiger partial charge in [0.15, 0.2) is 0 Å². The lowest BCUT2D eigenvalue weighted by atomic mass is 10.2. The number of aliphatic hydroxyl groups is 1. The molecule has 3 N–H and O–H groups in total. The SMILES string of the molecule is CCC(CO)NC(=O)CCCNC. The van der Waals surface area contributed by atoms with Crippen LogP contribution in [0.1, 0.15) is 26.2 Å². The quantitative estimate of drug-likeness (QED) is 0.488. The fourth-order valence-electron chi connectivity index (χ4n) is 1.00. The zero-order valence-electron chi connectivity index (χ0n) is 8.47. The molecule has 4 nitrogen and oxygen atoms in total. The summed E-state index contributed by atoms with van der Waals surface area (Å²) in [5, 5.41) is 14.6. The van der Waals surface area contributed by atoms with Crippen LogP contribution < -0.4 is 10.6 Å². The zero-order valence-corrected chi connectivity index (χ0v) is 8.47. The Bertz CT molecular complexity index is 136. The Morgan fingerprint density at radius 1 is 1.54 bits per heavy atom. The normalized spacial score (nSPS) is 12.5. The Morgan fingerprint density at radius 3 is 2.69 bits per heavy atom. The highest BCUT2D eigenvalue weighted by Crippen LogP contribution is 1.92. The summed E-state index contributed by atoms with van der Waals surface area (Å²) in [6.07, 6.45) is 2.13. The van der Waals surface area contributed by atoms with Crippen molar-refractivity contribution in [2.75, 3.05) is 20.2 Å². The first-order chi connectivity index (χ1) is 6.24. The summed E-state index contributed by atoms with van der Waals surface area (Å²) in [6, 6.07) is -0.0814. The first kappa shape index (κ1) is 12.4. The van der Waals surface area contributed by atoms with E-state index in [1.807, 2.05) is 14.0 Å². The largest absolute Gasteiger partial charge is 0.394 e. The summed E-state index contributed by atoms with van der Waals surface area (Å²) in [5.41, 5.74) is 0. The predicted octanol–water partition coefficient (Wildman–Crippen LogP) is -0.127. The third kappa shape index (κ3) is 6.54. The fraction of sp³-hybridized carbons (Fsp3) is 0.889. The van der Waals surface area contributed by atoms with Gasteiger partial charge in [-0.1, -0.05) is 6.92 Å². The van der Waals surface area contributed by atoms with Gasteiger partial charge in [0.05, 0.1) is 12.6 Å². The summed E-state index contributed by atoms with van der Waals surface area (Å²) >= 11 is 0. The molecule has 0 aromatic carbocycles. The fourth-order valence-corrected chi connectivity index (χ4v) is 1.00. The van der Waals surface area contributed by atoms with Crippen LogP contribution >= 0.6 is 0 Å². The van der Waals surface area contributed by atoms with Gasteiger partial charge in [0, 0.05) is 6.42 Å². The molecule has 0 fully saturated rings. The average molecular weight is 188 g/mol. The van der Waals surface area contributed by atoms with Gasteiger partial charge < -0.3 is 15.7 Å². The van der Waals surface area contributed by atoms with E-state index in [2.05, 4.69) is 10.6 Å². The minimum absolute atomic E-state index is 0.0221. The van der Waals surface area contributed by atoms with Crippen LogP contribution in [0.5, 0.6) is 0 Å². The van der Waals surface area contributed by atoms with Crippen molar-refractivity contribution in [3.05, 3.63) is 0 Å². The molecule has 0 aliphatic rings. The molecule has 0 aromatic rings. The van der Waals surface area contributed by atoms with Crippen LogP contribution in [-0.4, -0.2) is 37.3 Å². The summed E-state index contributed by atoms with van der Waals surface area (Å²) < 4.78 is 0. The van der Waals surface area contributed by atoms with Crippen LogP contribution in [0.25, 0.3) is 0 Å². The average Bonchev–Trinajstić information content (AvgIpc) is 2.14. The van der Waals surface area contributed by atoms with Crippen molar-refractivity contribution in [3.63, 3.8) is 0 Å². The summed E-state index contributed by atoms with van der Waals surface area (Å²) in [6.45, 7) is 2.81. The van der Waals surface area contributed by atoms with E-state index in [1.165, 1.54) is 0 Å². The Balaban J connectivity index is 3.48. The molecule has 78 valence electrons. The van der Waals surface area contributed by atoms with Crippen LogP contribution in [0.3, 0.4) is 0 Å². The summed E-state index contributed by atoms with van der Waals surface area (Å²) in [4.78, 5) is 11.2. The maximum absolute atomic E-state index is 11.2. The van der Waals surface area contributed by atoms with Gasteiger partial charge in [0.25, 0.3) is 0 Å². The molecular weight excluding hydrogens is 168 g/mol. The minimum Gasteiger partial charge on any atom is -0.394 e. The minimum atomic E-state index is -0.0814. The zero-order chi connectivity index (χ0) is 10.1. The van der Waals surface area contributed by atoms with Gasteiger partial charge in [-0.2, -0.15) is 0 Å². The third-order valence-electron chi connectivity index (χ3n) is 1.91. The van der Waals surface area contributed by atoms with Crippen molar-refractivity contribution in [2.45, 2.75) is 32.2 Å². The number of rotatable bonds is 7. The number of carbonyl (C=O) groups excluding carboxylic acids is 1.